The molecule has 26 heavy (non-hydrogen) atoms. The number of nitrogens with one attached hydrogen (secondary N) is 2. The number of urea groups is 1. The second kappa shape index (κ2) is 9.03. The van der Waals surface area contributed by atoms with Crippen molar-refractivity contribution in [1.29, 1.82) is 0 Å². The van der Waals surface area contributed by atoms with Crippen molar-refractivity contribution in [2.24, 2.45) is 0 Å². The molecular formula is C19H26N4O3. The maximum atomic E-state index is 12.5. The van der Waals surface area contributed by atoms with E-state index in [0.29, 0.717) is 29.7 Å². The fourth-order valence-electron chi connectivity index (χ4n) is 2.46. The van der Waals surface area contributed by atoms with Gasteiger partial charge in [0.05, 0.1) is 0 Å². The maximum absolute atomic E-state index is 12.5. The van der Waals surface area contributed by atoms with Crippen molar-refractivity contribution < 1.29 is 14.1 Å². The average Bonchev–Trinajstić information content (AvgIpc) is 2.99. The van der Waals surface area contributed by atoms with Crippen LogP contribution in [0, 0.1) is 6.92 Å². The average molecular weight is 358 g/mol. The smallest absolute Gasteiger partial charge is 0.322 e. The van der Waals surface area contributed by atoms with E-state index in [1.807, 2.05) is 31.2 Å². The SMILES string of the molecule is CCCN(CC(=O)Nc1cc(C)on1)C(=O)Nc1ccc(C(C)C)cc1. The Bertz CT molecular complexity index is 737. The normalized spacial score (nSPS) is 10.7. The fraction of sp³-hybridized carbons (Fsp3) is 0.421. The molecule has 0 saturated heterocycles. The number of nitrogens with zero attached hydrogens (tertiary/aromatic N) is 2. The van der Waals surface area contributed by atoms with Crippen LogP contribution in [0.5, 0.6) is 0 Å². The first-order valence-corrected chi connectivity index (χ1v) is 8.78. The number of amides is 3. The van der Waals surface area contributed by atoms with Crippen LogP contribution >= 0.6 is 0 Å². The van der Waals surface area contributed by atoms with Crippen molar-refractivity contribution in [2.75, 3.05) is 23.7 Å². The van der Waals surface area contributed by atoms with Crippen LogP contribution in [-0.4, -0.2) is 35.1 Å². The fourth-order valence-corrected chi connectivity index (χ4v) is 2.46. The lowest BCUT2D eigenvalue weighted by atomic mass is 10.0. The molecular weight excluding hydrogens is 332 g/mol. The predicted octanol–water partition coefficient (Wildman–Crippen LogP) is 3.99. The minimum Gasteiger partial charge on any atom is -0.360 e. The minimum atomic E-state index is -0.322. The van der Waals surface area contributed by atoms with Gasteiger partial charge in [-0.05, 0) is 37.0 Å². The number of carbonyl (C=O) groups is 2. The Hall–Kier alpha value is -2.83. The number of benzene rings is 1. The van der Waals surface area contributed by atoms with Crippen LogP contribution in [0.4, 0.5) is 16.3 Å². The molecule has 1 aromatic heterocycles. The van der Waals surface area contributed by atoms with Gasteiger partial charge in [-0.15, -0.1) is 0 Å². The first-order valence-electron chi connectivity index (χ1n) is 8.78. The summed E-state index contributed by atoms with van der Waals surface area (Å²) in [5.74, 6) is 1.05. The first kappa shape index (κ1) is 19.5. The van der Waals surface area contributed by atoms with Gasteiger partial charge < -0.3 is 20.1 Å². The molecule has 7 nitrogen and oxygen atoms in total. The van der Waals surface area contributed by atoms with Gasteiger partial charge in [-0.1, -0.05) is 38.1 Å². The standard InChI is InChI=1S/C19H26N4O3/c1-5-10-23(12-18(24)21-17-11-14(4)26-22-17)19(25)20-16-8-6-15(7-9-16)13(2)3/h6-9,11,13H,5,10,12H2,1-4H3,(H,20,25)(H,21,22,24). The third kappa shape index (κ3) is 5.61. The largest absolute Gasteiger partial charge is 0.360 e. The molecule has 0 aliphatic rings. The quantitative estimate of drug-likeness (QED) is 0.783. The molecule has 1 heterocycles. The van der Waals surface area contributed by atoms with Crippen molar-refractivity contribution in [3.05, 3.63) is 41.7 Å². The lowest BCUT2D eigenvalue weighted by Gasteiger charge is -2.22. The van der Waals surface area contributed by atoms with Crippen LogP contribution in [0.15, 0.2) is 34.9 Å². The third-order valence-electron chi connectivity index (χ3n) is 3.84. The van der Waals surface area contributed by atoms with Gasteiger partial charge in [0.2, 0.25) is 5.91 Å². The number of aryl methyl sites for hydroxylation is 1. The summed E-state index contributed by atoms with van der Waals surface area (Å²) in [6.07, 6.45) is 0.746. The Morgan fingerprint density at radius 3 is 2.42 bits per heavy atom. The maximum Gasteiger partial charge on any atom is 0.322 e. The Morgan fingerprint density at radius 1 is 1.19 bits per heavy atom. The number of aromatic nitrogens is 1. The Balaban J connectivity index is 1.96. The third-order valence-corrected chi connectivity index (χ3v) is 3.84. The summed E-state index contributed by atoms with van der Waals surface area (Å²) in [5, 5.41) is 9.18. The highest BCUT2D eigenvalue weighted by atomic mass is 16.5. The zero-order chi connectivity index (χ0) is 19.1. The molecule has 3 amide bonds. The van der Waals surface area contributed by atoms with Gasteiger partial charge in [0.15, 0.2) is 5.82 Å². The molecule has 1 aromatic carbocycles. The first-order chi connectivity index (χ1) is 12.4. The molecule has 2 N–H and O–H groups in total. The molecule has 2 rings (SSSR count). The second-order valence-electron chi connectivity index (χ2n) is 6.50. The Labute approximate surface area is 153 Å². The number of anilines is 2. The summed E-state index contributed by atoms with van der Waals surface area (Å²) >= 11 is 0. The molecule has 0 atom stereocenters. The molecule has 0 aliphatic carbocycles. The molecule has 0 bridgehead atoms. The van der Waals surface area contributed by atoms with Gasteiger partial charge in [-0.25, -0.2) is 4.79 Å². The molecule has 0 aliphatic heterocycles. The van der Waals surface area contributed by atoms with Gasteiger partial charge in [0.25, 0.3) is 0 Å². The van der Waals surface area contributed by atoms with Gasteiger partial charge in [0, 0.05) is 18.3 Å². The van der Waals surface area contributed by atoms with Crippen LogP contribution < -0.4 is 10.6 Å². The van der Waals surface area contributed by atoms with E-state index in [-0.39, 0.29) is 18.5 Å². The predicted molar refractivity (Wildman–Crippen MR) is 101 cm³/mol. The molecule has 0 fully saturated rings. The van der Waals surface area contributed by atoms with Crippen molar-refractivity contribution in [1.82, 2.24) is 10.1 Å². The summed E-state index contributed by atoms with van der Waals surface area (Å²) in [6, 6.07) is 9.04. The van der Waals surface area contributed by atoms with Crippen molar-refractivity contribution in [3.8, 4) is 0 Å². The van der Waals surface area contributed by atoms with Gasteiger partial charge in [-0.3, -0.25) is 4.79 Å². The molecule has 0 unspecified atom stereocenters. The zero-order valence-electron chi connectivity index (χ0n) is 15.7. The molecule has 0 radical (unpaired) electrons. The van der Waals surface area contributed by atoms with E-state index in [9.17, 15) is 9.59 Å². The van der Waals surface area contributed by atoms with Gasteiger partial charge in [0.1, 0.15) is 12.3 Å². The number of hydrogen-bond donors (Lipinski definition) is 2. The lowest BCUT2D eigenvalue weighted by Crippen LogP contribution is -2.41. The van der Waals surface area contributed by atoms with E-state index in [1.54, 1.807) is 13.0 Å². The van der Waals surface area contributed by atoms with Crippen molar-refractivity contribution >= 4 is 23.4 Å². The van der Waals surface area contributed by atoms with Gasteiger partial charge >= 0.3 is 6.03 Å². The van der Waals surface area contributed by atoms with Crippen LogP contribution in [0.3, 0.4) is 0 Å². The highest BCUT2D eigenvalue weighted by Gasteiger charge is 2.17. The Kier molecular flexibility index (Phi) is 6.77. The van der Waals surface area contributed by atoms with Gasteiger partial charge in [-0.2, -0.15) is 0 Å². The zero-order valence-corrected chi connectivity index (χ0v) is 15.7. The van der Waals surface area contributed by atoms with E-state index in [0.717, 1.165) is 6.42 Å². The van der Waals surface area contributed by atoms with E-state index in [1.165, 1.54) is 10.5 Å². The summed E-state index contributed by atoms with van der Waals surface area (Å²) in [4.78, 5) is 26.2. The Morgan fingerprint density at radius 2 is 1.88 bits per heavy atom. The van der Waals surface area contributed by atoms with E-state index < -0.39 is 0 Å². The van der Waals surface area contributed by atoms with E-state index in [2.05, 4.69) is 29.6 Å². The highest BCUT2D eigenvalue weighted by Crippen LogP contribution is 2.17. The van der Waals surface area contributed by atoms with Crippen LogP contribution in [0.1, 0.15) is 44.4 Å². The highest BCUT2D eigenvalue weighted by molar-refractivity contribution is 5.96. The van der Waals surface area contributed by atoms with Crippen molar-refractivity contribution in [3.63, 3.8) is 0 Å². The molecule has 0 spiro atoms. The summed E-state index contributed by atoms with van der Waals surface area (Å²) in [7, 11) is 0. The van der Waals surface area contributed by atoms with Crippen LogP contribution in [0.25, 0.3) is 0 Å². The van der Waals surface area contributed by atoms with E-state index >= 15 is 0 Å². The number of carbonyl (C=O) groups excluding carboxylic acids is 2. The topological polar surface area (TPSA) is 87.5 Å². The molecule has 140 valence electrons. The molecule has 2 aromatic rings. The summed E-state index contributed by atoms with van der Waals surface area (Å²) in [5.41, 5.74) is 1.91. The second-order valence-corrected chi connectivity index (χ2v) is 6.50. The van der Waals surface area contributed by atoms with Crippen molar-refractivity contribution in [2.45, 2.75) is 40.0 Å². The molecule has 7 heteroatoms. The molecule has 0 saturated carbocycles. The lowest BCUT2D eigenvalue weighted by molar-refractivity contribution is -0.116. The number of hydrogen-bond acceptors (Lipinski definition) is 4. The summed E-state index contributed by atoms with van der Waals surface area (Å²) in [6.45, 7) is 8.34. The van der Waals surface area contributed by atoms with Crippen LogP contribution in [-0.2, 0) is 4.79 Å². The minimum absolute atomic E-state index is 0.0599. The summed E-state index contributed by atoms with van der Waals surface area (Å²) < 4.78 is 4.91. The van der Waals surface area contributed by atoms with Crippen LogP contribution in [0.2, 0.25) is 0 Å². The number of rotatable bonds is 7. The van der Waals surface area contributed by atoms with E-state index in [4.69, 9.17) is 4.52 Å². The monoisotopic (exact) mass is 358 g/mol.